The van der Waals surface area contributed by atoms with E-state index in [0.29, 0.717) is 5.56 Å². The highest BCUT2D eigenvalue weighted by Gasteiger charge is 2.26. The van der Waals surface area contributed by atoms with Crippen LogP contribution in [0.4, 0.5) is 0 Å². The van der Waals surface area contributed by atoms with Crippen LogP contribution in [0.25, 0.3) is 0 Å². The van der Waals surface area contributed by atoms with E-state index in [9.17, 15) is 4.79 Å². The van der Waals surface area contributed by atoms with Gasteiger partial charge in [-0.05, 0) is 38.6 Å². The van der Waals surface area contributed by atoms with Gasteiger partial charge in [0.1, 0.15) is 6.61 Å². The number of carbonyl (C=O) groups is 1. The Kier molecular flexibility index (Phi) is 5.00. The van der Waals surface area contributed by atoms with E-state index in [-0.39, 0.29) is 18.6 Å². The van der Waals surface area contributed by atoms with Crippen molar-refractivity contribution in [2.45, 2.75) is 19.9 Å². The van der Waals surface area contributed by atoms with E-state index in [1.165, 1.54) is 0 Å². The number of nitrogens with zero attached hydrogens (tertiary/aromatic N) is 2. The number of piperazine rings is 1. The lowest BCUT2D eigenvalue weighted by molar-refractivity contribution is 0.0533. The van der Waals surface area contributed by atoms with Crippen LogP contribution < -0.4 is 0 Å². The van der Waals surface area contributed by atoms with Crippen molar-refractivity contribution < 1.29 is 9.90 Å². The Morgan fingerprint density at radius 3 is 2.86 bits per heavy atom. The lowest BCUT2D eigenvalue weighted by Crippen LogP contribution is -2.52. The first-order valence-electron chi connectivity index (χ1n) is 7.23. The normalized spacial score (nSPS) is 19.0. The topological polar surface area (TPSA) is 43.8 Å². The summed E-state index contributed by atoms with van der Waals surface area (Å²) in [5, 5.41) is 8.81. The molecule has 1 N–H and O–H groups in total. The number of likely N-dealkylation sites (N-methyl/N-ethyl adjacent to an activating group) is 1. The number of aliphatic hydroxyl groups excluding tert-OH is 1. The van der Waals surface area contributed by atoms with Crippen LogP contribution >= 0.6 is 0 Å². The van der Waals surface area contributed by atoms with Crippen LogP contribution in [0.5, 0.6) is 0 Å². The van der Waals surface area contributed by atoms with Crippen molar-refractivity contribution in [2.75, 3.05) is 33.3 Å². The first-order valence-corrected chi connectivity index (χ1v) is 7.23. The van der Waals surface area contributed by atoms with Gasteiger partial charge in [-0.3, -0.25) is 4.79 Å². The summed E-state index contributed by atoms with van der Waals surface area (Å²) < 4.78 is 0. The minimum Gasteiger partial charge on any atom is -0.384 e. The van der Waals surface area contributed by atoms with Crippen LogP contribution in [0.2, 0.25) is 0 Å². The van der Waals surface area contributed by atoms with Crippen molar-refractivity contribution in [1.82, 2.24) is 9.80 Å². The van der Waals surface area contributed by atoms with Gasteiger partial charge in [0.25, 0.3) is 5.91 Å². The predicted octanol–water partition coefficient (Wildman–Crippen LogP) is 1.11. The highest BCUT2D eigenvalue weighted by Crippen LogP contribution is 2.16. The summed E-state index contributed by atoms with van der Waals surface area (Å²) >= 11 is 0. The van der Waals surface area contributed by atoms with Gasteiger partial charge in [0, 0.05) is 36.8 Å². The van der Waals surface area contributed by atoms with Gasteiger partial charge in [-0.2, -0.15) is 0 Å². The third-order valence-electron chi connectivity index (χ3n) is 3.88. The fraction of sp³-hybridized carbons (Fsp3) is 0.471. The molecule has 0 spiro atoms. The first kappa shape index (κ1) is 15.6. The molecule has 0 radical (unpaired) electrons. The molecule has 1 saturated heterocycles. The average Bonchev–Trinajstić information content (AvgIpc) is 2.46. The number of hydrogen-bond donors (Lipinski definition) is 1. The molecule has 1 atom stereocenters. The van der Waals surface area contributed by atoms with E-state index in [1.807, 2.05) is 30.0 Å². The summed E-state index contributed by atoms with van der Waals surface area (Å²) in [7, 11) is 2.08. The van der Waals surface area contributed by atoms with Gasteiger partial charge in [-0.1, -0.05) is 17.9 Å². The molecule has 1 aromatic rings. The molecule has 1 fully saturated rings. The van der Waals surface area contributed by atoms with Crippen molar-refractivity contribution in [3.05, 3.63) is 34.9 Å². The van der Waals surface area contributed by atoms with E-state index in [2.05, 4.69) is 30.7 Å². The molecule has 1 amide bonds. The molecule has 21 heavy (non-hydrogen) atoms. The molecule has 0 aliphatic carbocycles. The quantitative estimate of drug-likeness (QED) is 0.787. The molecule has 1 unspecified atom stereocenters. The molecule has 4 heteroatoms. The van der Waals surface area contributed by atoms with Gasteiger partial charge in [-0.25, -0.2) is 0 Å². The van der Waals surface area contributed by atoms with Crippen molar-refractivity contribution in [2.24, 2.45) is 0 Å². The summed E-state index contributed by atoms with van der Waals surface area (Å²) in [6.45, 7) is 6.41. The Morgan fingerprint density at radius 2 is 2.19 bits per heavy atom. The molecule has 1 aliphatic heterocycles. The van der Waals surface area contributed by atoms with Crippen LogP contribution in [0.3, 0.4) is 0 Å². The van der Waals surface area contributed by atoms with Gasteiger partial charge >= 0.3 is 0 Å². The van der Waals surface area contributed by atoms with Crippen molar-refractivity contribution >= 4 is 5.91 Å². The molecular weight excluding hydrogens is 264 g/mol. The summed E-state index contributed by atoms with van der Waals surface area (Å²) in [5.41, 5.74) is 2.48. The van der Waals surface area contributed by atoms with Gasteiger partial charge < -0.3 is 14.9 Å². The number of benzene rings is 1. The lowest BCUT2D eigenvalue weighted by Gasteiger charge is -2.38. The zero-order valence-corrected chi connectivity index (χ0v) is 12.9. The van der Waals surface area contributed by atoms with Crippen molar-refractivity contribution in [3.63, 3.8) is 0 Å². The summed E-state index contributed by atoms with van der Waals surface area (Å²) in [4.78, 5) is 16.8. The molecule has 0 bridgehead atoms. The van der Waals surface area contributed by atoms with Crippen LogP contribution in [-0.2, 0) is 0 Å². The number of amides is 1. The van der Waals surface area contributed by atoms with Gasteiger partial charge in [-0.15, -0.1) is 0 Å². The fourth-order valence-electron chi connectivity index (χ4n) is 2.63. The zero-order valence-electron chi connectivity index (χ0n) is 12.9. The van der Waals surface area contributed by atoms with Crippen LogP contribution in [0.1, 0.15) is 28.4 Å². The van der Waals surface area contributed by atoms with Crippen molar-refractivity contribution in [1.29, 1.82) is 0 Å². The Morgan fingerprint density at radius 1 is 1.43 bits per heavy atom. The molecule has 1 aromatic carbocycles. The highest BCUT2D eigenvalue weighted by atomic mass is 16.2. The Labute approximate surface area is 126 Å². The number of rotatable bonds is 1. The minimum absolute atomic E-state index is 0.0580. The third-order valence-corrected chi connectivity index (χ3v) is 3.88. The van der Waals surface area contributed by atoms with Crippen molar-refractivity contribution in [3.8, 4) is 11.8 Å². The second kappa shape index (κ2) is 6.75. The van der Waals surface area contributed by atoms with E-state index in [0.717, 1.165) is 30.8 Å². The fourth-order valence-corrected chi connectivity index (χ4v) is 2.63. The summed E-state index contributed by atoms with van der Waals surface area (Å²) in [5.74, 6) is 5.60. The Balaban J connectivity index is 2.23. The molecule has 4 nitrogen and oxygen atoms in total. The predicted molar refractivity (Wildman–Crippen MR) is 83.1 cm³/mol. The standard InChI is InChI=1S/C17H22N2O2/c1-13-6-7-16(11-15(13)5-4-10-20)17(21)19-9-8-18(3)12-14(19)2/h6-7,11,14,20H,8-10,12H2,1-3H3. The smallest absolute Gasteiger partial charge is 0.254 e. The molecule has 1 heterocycles. The third kappa shape index (κ3) is 3.63. The van der Waals surface area contributed by atoms with Crippen LogP contribution in [-0.4, -0.2) is 60.1 Å². The summed E-state index contributed by atoms with van der Waals surface area (Å²) in [6.07, 6.45) is 0. The maximum atomic E-state index is 12.7. The second-order valence-electron chi connectivity index (χ2n) is 5.60. The van der Waals surface area contributed by atoms with Gasteiger partial charge in [0.2, 0.25) is 0 Å². The maximum absolute atomic E-state index is 12.7. The van der Waals surface area contributed by atoms with Crippen LogP contribution in [0, 0.1) is 18.8 Å². The molecule has 2 rings (SSSR count). The van der Waals surface area contributed by atoms with Crippen LogP contribution in [0.15, 0.2) is 18.2 Å². The number of aryl methyl sites for hydroxylation is 1. The largest absolute Gasteiger partial charge is 0.384 e. The number of hydrogen-bond acceptors (Lipinski definition) is 3. The van der Waals surface area contributed by atoms with Gasteiger partial charge in [0.15, 0.2) is 0 Å². The zero-order chi connectivity index (χ0) is 15.4. The monoisotopic (exact) mass is 286 g/mol. The van der Waals surface area contributed by atoms with Gasteiger partial charge in [0.05, 0.1) is 0 Å². The Bertz CT molecular complexity index is 586. The molecule has 112 valence electrons. The SMILES string of the molecule is Cc1ccc(C(=O)N2CCN(C)CC2C)cc1C#CCO. The van der Waals surface area contributed by atoms with E-state index in [1.54, 1.807) is 0 Å². The second-order valence-corrected chi connectivity index (χ2v) is 5.60. The van der Waals surface area contributed by atoms with E-state index >= 15 is 0 Å². The summed E-state index contributed by atoms with van der Waals surface area (Å²) in [6, 6.07) is 5.80. The molecule has 1 aliphatic rings. The minimum atomic E-state index is -0.174. The number of aliphatic hydroxyl groups is 1. The molecular formula is C17H22N2O2. The lowest BCUT2D eigenvalue weighted by atomic mass is 10.0. The highest BCUT2D eigenvalue weighted by molar-refractivity contribution is 5.95. The number of carbonyl (C=O) groups excluding carboxylic acids is 1. The average molecular weight is 286 g/mol. The Hall–Kier alpha value is -1.83. The van der Waals surface area contributed by atoms with E-state index in [4.69, 9.17) is 5.11 Å². The van der Waals surface area contributed by atoms with E-state index < -0.39 is 0 Å². The molecule has 0 saturated carbocycles. The first-order chi connectivity index (χ1) is 10.0. The molecule has 0 aromatic heterocycles. The maximum Gasteiger partial charge on any atom is 0.254 e.